The molecule has 0 saturated heterocycles. The lowest BCUT2D eigenvalue weighted by molar-refractivity contribution is -0.116. The molecule has 1 aromatic rings. The van der Waals surface area contributed by atoms with E-state index >= 15 is 0 Å². The highest BCUT2D eigenvalue weighted by Crippen LogP contribution is 2.61. The van der Waals surface area contributed by atoms with Gasteiger partial charge in [0.25, 0.3) is 5.69 Å². The Morgan fingerprint density at radius 2 is 2.05 bits per heavy atom. The largest absolute Gasteiger partial charge is 0.325 e. The van der Waals surface area contributed by atoms with Gasteiger partial charge in [0.05, 0.1) is 5.75 Å². The molecule has 0 saturated carbocycles. The standard InChI is InChI=1S/C12H16ClINO3PS2/c1-9(2)15(11-6-4-10(13)5-7-11)12(16)8-21-19(20,17-3)18-14/h4-7,9H,8H2,1-3H3. The van der Waals surface area contributed by atoms with Gasteiger partial charge in [-0.1, -0.05) is 23.0 Å². The fraction of sp³-hybridized carbons (Fsp3) is 0.417. The van der Waals surface area contributed by atoms with Gasteiger partial charge in [-0.3, -0.25) is 7.65 Å². The predicted octanol–water partition coefficient (Wildman–Crippen LogP) is 5.05. The van der Waals surface area contributed by atoms with Crippen molar-refractivity contribution in [2.24, 2.45) is 0 Å². The van der Waals surface area contributed by atoms with Crippen LogP contribution in [0.3, 0.4) is 0 Å². The van der Waals surface area contributed by atoms with Gasteiger partial charge in [0.15, 0.2) is 0 Å². The molecule has 0 aliphatic heterocycles. The number of rotatable bonds is 7. The van der Waals surface area contributed by atoms with Gasteiger partial charge < -0.3 is 9.42 Å². The van der Waals surface area contributed by atoms with Crippen LogP contribution in [0.2, 0.25) is 5.02 Å². The molecule has 0 bridgehead atoms. The van der Waals surface area contributed by atoms with E-state index in [1.165, 1.54) is 18.5 Å². The summed E-state index contributed by atoms with van der Waals surface area (Å²) < 4.78 is 10.3. The summed E-state index contributed by atoms with van der Waals surface area (Å²) in [5.74, 6) is 0.159. The molecule has 4 nitrogen and oxygen atoms in total. The number of anilines is 1. The summed E-state index contributed by atoms with van der Waals surface area (Å²) in [5.41, 5.74) is -1.63. The number of benzene rings is 1. The quantitative estimate of drug-likeness (QED) is 0.404. The van der Waals surface area contributed by atoms with Gasteiger partial charge in [0.2, 0.25) is 5.91 Å². The second-order valence-electron chi connectivity index (χ2n) is 4.31. The second-order valence-corrected chi connectivity index (χ2v) is 12.2. The van der Waals surface area contributed by atoms with Crippen molar-refractivity contribution in [2.75, 3.05) is 17.8 Å². The first-order valence-electron chi connectivity index (χ1n) is 6.01. The lowest BCUT2D eigenvalue weighted by Crippen LogP contribution is -2.38. The summed E-state index contributed by atoms with van der Waals surface area (Å²) in [6.07, 6.45) is 0. The number of hydrogen-bond acceptors (Lipinski definition) is 5. The van der Waals surface area contributed by atoms with Crippen molar-refractivity contribution >= 4 is 75.1 Å². The molecule has 0 fully saturated rings. The lowest BCUT2D eigenvalue weighted by Gasteiger charge is -2.27. The zero-order valence-corrected chi connectivity index (χ0v) is 17.2. The maximum absolute atomic E-state index is 12.5. The van der Waals surface area contributed by atoms with Crippen LogP contribution in [0, 0.1) is 0 Å². The third-order valence-corrected chi connectivity index (χ3v) is 11.0. The molecule has 0 aliphatic rings. The Kier molecular flexibility index (Phi) is 8.48. The van der Waals surface area contributed by atoms with Gasteiger partial charge in [-0.2, -0.15) is 0 Å². The zero-order valence-electron chi connectivity index (χ0n) is 11.8. The topological polar surface area (TPSA) is 38.8 Å². The van der Waals surface area contributed by atoms with Crippen molar-refractivity contribution in [1.82, 2.24) is 0 Å². The van der Waals surface area contributed by atoms with E-state index in [0.29, 0.717) is 5.02 Å². The van der Waals surface area contributed by atoms with Crippen LogP contribution in [0.5, 0.6) is 0 Å². The normalized spacial score (nSPS) is 14.0. The predicted molar refractivity (Wildman–Crippen MR) is 103 cm³/mol. The van der Waals surface area contributed by atoms with Gasteiger partial charge in [-0.05, 0) is 49.9 Å². The van der Waals surface area contributed by atoms with Crippen LogP contribution in [-0.4, -0.2) is 24.8 Å². The molecule has 21 heavy (non-hydrogen) atoms. The number of amides is 1. The smallest absolute Gasteiger partial charge is 0.257 e. The Morgan fingerprint density at radius 3 is 2.48 bits per heavy atom. The van der Waals surface area contributed by atoms with Crippen LogP contribution in [0.4, 0.5) is 5.69 Å². The minimum Gasteiger partial charge on any atom is -0.325 e. The minimum absolute atomic E-state index is 0.0280. The summed E-state index contributed by atoms with van der Waals surface area (Å²) in [5, 5.41) is 0.637. The van der Waals surface area contributed by atoms with Gasteiger partial charge >= 0.3 is 0 Å². The van der Waals surface area contributed by atoms with Crippen molar-refractivity contribution in [1.29, 1.82) is 0 Å². The van der Waals surface area contributed by atoms with E-state index in [1.54, 1.807) is 40.0 Å². The van der Waals surface area contributed by atoms with E-state index < -0.39 is 5.69 Å². The maximum Gasteiger partial charge on any atom is 0.257 e. The van der Waals surface area contributed by atoms with Gasteiger partial charge in [0.1, 0.15) is 23.0 Å². The molecule has 9 heteroatoms. The highest BCUT2D eigenvalue weighted by Gasteiger charge is 2.24. The molecule has 1 amide bonds. The first-order chi connectivity index (χ1) is 9.83. The van der Waals surface area contributed by atoms with Crippen LogP contribution in [0.1, 0.15) is 13.8 Å². The van der Waals surface area contributed by atoms with Gasteiger partial charge in [-0.25, -0.2) is 0 Å². The molecule has 1 aromatic carbocycles. The average Bonchev–Trinajstić information content (AvgIpc) is 2.46. The number of carbonyl (C=O) groups is 1. The van der Waals surface area contributed by atoms with Crippen LogP contribution in [0.25, 0.3) is 0 Å². The molecule has 1 atom stereocenters. The van der Waals surface area contributed by atoms with Crippen molar-refractivity contribution < 1.29 is 12.2 Å². The fourth-order valence-electron chi connectivity index (χ4n) is 1.64. The van der Waals surface area contributed by atoms with Crippen molar-refractivity contribution in [3.8, 4) is 0 Å². The molecule has 0 aromatic heterocycles. The second kappa shape index (κ2) is 9.05. The molecule has 0 aliphatic carbocycles. The molecule has 0 N–H and O–H groups in total. The molecule has 118 valence electrons. The Hall–Kier alpha value is 0.630. The maximum atomic E-state index is 12.5. The van der Waals surface area contributed by atoms with Crippen molar-refractivity contribution in [3.63, 3.8) is 0 Å². The van der Waals surface area contributed by atoms with Crippen LogP contribution < -0.4 is 4.90 Å². The Morgan fingerprint density at radius 1 is 1.48 bits per heavy atom. The number of halogens is 2. The molecule has 0 spiro atoms. The van der Waals surface area contributed by atoms with Crippen molar-refractivity contribution in [3.05, 3.63) is 29.3 Å². The number of nitrogens with zero attached hydrogens (tertiary/aromatic N) is 1. The lowest BCUT2D eigenvalue weighted by atomic mass is 10.2. The molecule has 0 radical (unpaired) electrons. The average molecular weight is 480 g/mol. The molecule has 0 heterocycles. The van der Waals surface area contributed by atoms with E-state index in [-0.39, 0.29) is 17.7 Å². The number of hydrogen-bond donors (Lipinski definition) is 0. The Bertz CT molecular complexity index is 522. The van der Waals surface area contributed by atoms with Crippen LogP contribution >= 0.6 is 51.7 Å². The number of carbonyl (C=O) groups excluding carboxylic acids is 1. The van der Waals surface area contributed by atoms with E-state index in [4.69, 9.17) is 30.8 Å². The Labute approximate surface area is 153 Å². The van der Waals surface area contributed by atoms with Crippen molar-refractivity contribution in [2.45, 2.75) is 19.9 Å². The van der Waals surface area contributed by atoms with Gasteiger partial charge in [0, 0.05) is 23.9 Å². The molecule has 1 unspecified atom stereocenters. The molecular formula is C12H16ClINO3PS2. The summed E-state index contributed by atoms with van der Waals surface area (Å²) in [7, 11) is 1.50. The monoisotopic (exact) mass is 479 g/mol. The minimum atomic E-state index is -2.44. The first kappa shape index (κ1) is 19.7. The Balaban J connectivity index is 2.84. The fourth-order valence-corrected chi connectivity index (χ4v) is 5.59. The molecular weight excluding hydrogens is 464 g/mol. The van der Waals surface area contributed by atoms with E-state index in [2.05, 4.69) is 0 Å². The summed E-state index contributed by atoms with van der Waals surface area (Å²) in [6.45, 7) is 3.91. The summed E-state index contributed by atoms with van der Waals surface area (Å²) in [6, 6.07) is 7.21. The van der Waals surface area contributed by atoms with Gasteiger partial charge in [-0.15, -0.1) is 0 Å². The first-order valence-corrected chi connectivity index (χ1v) is 11.5. The highest BCUT2D eigenvalue weighted by molar-refractivity contribution is 14.1. The SMILES string of the molecule is COP(=S)(OI)SCC(=O)N(c1ccc(Cl)cc1)C(C)C. The third-order valence-electron chi connectivity index (χ3n) is 2.54. The van der Waals surface area contributed by atoms with Crippen LogP contribution in [-0.2, 0) is 24.0 Å². The molecule has 1 rings (SSSR count). The third kappa shape index (κ3) is 5.97. The van der Waals surface area contributed by atoms with E-state index in [1.807, 2.05) is 26.0 Å². The van der Waals surface area contributed by atoms with E-state index in [0.717, 1.165) is 5.69 Å². The summed E-state index contributed by atoms with van der Waals surface area (Å²) >= 11 is 14.1. The van der Waals surface area contributed by atoms with E-state index in [9.17, 15) is 4.79 Å². The van der Waals surface area contributed by atoms with Crippen LogP contribution in [0.15, 0.2) is 24.3 Å². The summed E-state index contributed by atoms with van der Waals surface area (Å²) in [4.78, 5) is 14.2. The zero-order chi connectivity index (χ0) is 16.0. The highest BCUT2D eigenvalue weighted by atomic mass is 127.